The van der Waals surface area contributed by atoms with Crippen molar-refractivity contribution < 1.29 is 9.53 Å². The molecule has 1 rings (SSSR count). The molecule has 1 fully saturated rings. The van der Waals surface area contributed by atoms with Crippen LogP contribution in [0, 0.1) is 5.92 Å². The molecule has 2 N–H and O–H groups in total. The number of hydrogen-bond acceptors (Lipinski definition) is 3. The Morgan fingerprint density at radius 1 is 1.62 bits per heavy atom. The van der Waals surface area contributed by atoms with Crippen molar-refractivity contribution in [1.29, 1.82) is 0 Å². The third-order valence-electron chi connectivity index (χ3n) is 2.88. The van der Waals surface area contributed by atoms with E-state index in [4.69, 9.17) is 4.74 Å². The molecule has 94 valence electrons. The van der Waals surface area contributed by atoms with Crippen LogP contribution in [0.2, 0.25) is 0 Å². The van der Waals surface area contributed by atoms with Crippen LogP contribution < -0.4 is 10.6 Å². The summed E-state index contributed by atoms with van der Waals surface area (Å²) in [7, 11) is 0. The summed E-state index contributed by atoms with van der Waals surface area (Å²) >= 11 is 0. The first-order valence-electron chi connectivity index (χ1n) is 6.30. The molecule has 0 aromatic rings. The highest BCUT2D eigenvalue weighted by Gasteiger charge is 2.15. The van der Waals surface area contributed by atoms with Gasteiger partial charge in [0.1, 0.15) is 6.61 Å². The predicted octanol–water partition coefficient (Wildman–Crippen LogP) is 0.917. The van der Waals surface area contributed by atoms with Gasteiger partial charge in [-0.1, -0.05) is 13.3 Å². The largest absolute Gasteiger partial charge is 0.371 e. The monoisotopic (exact) mass is 228 g/mol. The minimum absolute atomic E-state index is 0.00639. The lowest BCUT2D eigenvalue weighted by Crippen LogP contribution is -2.35. The number of rotatable bonds is 7. The summed E-state index contributed by atoms with van der Waals surface area (Å²) in [6, 6.07) is 0.259. The number of carbonyl (C=O) groups is 1. The first-order chi connectivity index (χ1) is 7.72. The normalized spacial score (nSPS) is 22.0. The molecule has 0 bridgehead atoms. The Morgan fingerprint density at radius 2 is 2.44 bits per heavy atom. The molecule has 1 heterocycles. The molecule has 2 unspecified atom stereocenters. The van der Waals surface area contributed by atoms with Crippen LogP contribution in [-0.4, -0.2) is 38.3 Å². The van der Waals surface area contributed by atoms with Gasteiger partial charge in [0.2, 0.25) is 5.91 Å². The van der Waals surface area contributed by atoms with Crippen molar-refractivity contribution in [1.82, 2.24) is 10.6 Å². The zero-order valence-electron chi connectivity index (χ0n) is 10.4. The van der Waals surface area contributed by atoms with Crippen LogP contribution in [-0.2, 0) is 9.53 Å². The summed E-state index contributed by atoms with van der Waals surface area (Å²) in [5.74, 6) is 0.591. The molecule has 0 aromatic heterocycles. The van der Waals surface area contributed by atoms with E-state index >= 15 is 0 Å². The molecular weight excluding hydrogens is 204 g/mol. The molecule has 0 saturated carbocycles. The average Bonchev–Trinajstić information content (AvgIpc) is 2.70. The molecule has 1 amide bonds. The summed E-state index contributed by atoms with van der Waals surface area (Å²) in [6.07, 6.45) is 3.28. The van der Waals surface area contributed by atoms with Crippen LogP contribution in [0.15, 0.2) is 0 Å². The van der Waals surface area contributed by atoms with Gasteiger partial charge in [-0.3, -0.25) is 4.79 Å². The second-order valence-electron chi connectivity index (χ2n) is 4.63. The predicted molar refractivity (Wildman–Crippen MR) is 64.3 cm³/mol. The Balaban J connectivity index is 2.01. The van der Waals surface area contributed by atoms with E-state index in [0.29, 0.717) is 12.5 Å². The van der Waals surface area contributed by atoms with Gasteiger partial charge in [0, 0.05) is 12.6 Å². The second-order valence-corrected chi connectivity index (χ2v) is 4.63. The summed E-state index contributed by atoms with van der Waals surface area (Å²) in [5, 5.41) is 6.21. The molecule has 1 saturated heterocycles. The molecule has 1 aliphatic rings. The average molecular weight is 228 g/mol. The van der Waals surface area contributed by atoms with Gasteiger partial charge in [0.05, 0.1) is 6.61 Å². The lowest BCUT2D eigenvalue weighted by atomic mass is 10.1. The maximum Gasteiger partial charge on any atom is 0.246 e. The Kier molecular flexibility index (Phi) is 6.42. The van der Waals surface area contributed by atoms with E-state index in [1.165, 1.54) is 0 Å². The van der Waals surface area contributed by atoms with Gasteiger partial charge in [0.15, 0.2) is 0 Å². The number of amides is 1. The Bertz CT molecular complexity index is 203. The topological polar surface area (TPSA) is 50.4 Å². The molecule has 0 radical (unpaired) electrons. The van der Waals surface area contributed by atoms with Gasteiger partial charge >= 0.3 is 0 Å². The minimum Gasteiger partial charge on any atom is -0.371 e. The smallest absolute Gasteiger partial charge is 0.246 e. The standard InChI is InChI=1S/C12H24N2O2/c1-3-4-10(2)14-12(15)9-16-8-11-5-6-13-7-11/h10-11,13H,3-9H2,1-2H3,(H,14,15). The molecule has 2 atom stereocenters. The van der Waals surface area contributed by atoms with Crippen molar-refractivity contribution in [2.75, 3.05) is 26.3 Å². The van der Waals surface area contributed by atoms with E-state index in [-0.39, 0.29) is 18.6 Å². The summed E-state index contributed by atoms with van der Waals surface area (Å²) in [4.78, 5) is 11.5. The fraction of sp³-hybridized carbons (Fsp3) is 0.917. The van der Waals surface area contributed by atoms with Gasteiger partial charge in [-0.25, -0.2) is 0 Å². The van der Waals surface area contributed by atoms with Crippen molar-refractivity contribution in [2.45, 2.75) is 39.2 Å². The molecule has 16 heavy (non-hydrogen) atoms. The van der Waals surface area contributed by atoms with E-state index in [1.54, 1.807) is 0 Å². The van der Waals surface area contributed by atoms with E-state index in [9.17, 15) is 4.79 Å². The highest BCUT2D eigenvalue weighted by Crippen LogP contribution is 2.07. The Hall–Kier alpha value is -0.610. The maximum absolute atomic E-state index is 11.5. The summed E-state index contributed by atoms with van der Waals surface area (Å²) in [5.41, 5.74) is 0. The zero-order chi connectivity index (χ0) is 11.8. The molecule has 0 spiro atoms. The molecule has 4 nitrogen and oxygen atoms in total. The van der Waals surface area contributed by atoms with Crippen molar-refractivity contribution in [2.24, 2.45) is 5.92 Å². The van der Waals surface area contributed by atoms with Crippen LogP contribution in [0.25, 0.3) is 0 Å². The van der Waals surface area contributed by atoms with Gasteiger partial charge in [-0.05, 0) is 32.2 Å². The van der Waals surface area contributed by atoms with E-state index in [0.717, 1.165) is 32.4 Å². The highest BCUT2D eigenvalue weighted by atomic mass is 16.5. The first kappa shape index (κ1) is 13.5. The van der Waals surface area contributed by atoms with Crippen molar-refractivity contribution in [3.8, 4) is 0 Å². The van der Waals surface area contributed by atoms with Gasteiger partial charge < -0.3 is 15.4 Å². The van der Waals surface area contributed by atoms with Crippen LogP contribution in [0.1, 0.15) is 33.1 Å². The molecule has 4 heteroatoms. The second kappa shape index (κ2) is 7.63. The molecule has 0 aromatic carbocycles. The third kappa shape index (κ3) is 5.47. The third-order valence-corrected chi connectivity index (χ3v) is 2.88. The number of carbonyl (C=O) groups excluding carboxylic acids is 1. The Labute approximate surface area is 98.1 Å². The van der Waals surface area contributed by atoms with Crippen molar-refractivity contribution >= 4 is 5.91 Å². The van der Waals surface area contributed by atoms with Gasteiger partial charge in [-0.15, -0.1) is 0 Å². The van der Waals surface area contributed by atoms with Crippen molar-refractivity contribution in [3.05, 3.63) is 0 Å². The van der Waals surface area contributed by atoms with Crippen LogP contribution in [0.5, 0.6) is 0 Å². The van der Waals surface area contributed by atoms with Gasteiger partial charge in [0.25, 0.3) is 0 Å². The van der Waals surface area contributed by atoms with E-state index in [1.807, 2.05) is 6.92 Å². The van der Waals surface area contributed by atoms with E-state index < -0.39 is 0 Å². The summed E-state index contributed by atoms with van der Waals surface area (Å²) < 4.78 is 5.41. The zero-order valence-corrected chi connectivity index (χ0v) is 10.4. The Morgan fingerprint density at radius 3 is 3.06 bits per heavy atom. The van der Waals surface area contributed by atoms with Crippen LogP contribution in [0.3, 0.4) is 0 Å². The molecule has 0 aliphatic carbocycles. The number of ether oxygens (including phenoxy) is 1. The van der Waals surface area contributed by atoms with E-state index in [2.05, 4.69) is 17.6 Å². The maximum atomic E-state index is 11.5. The fourth-order valence-electron chi connectivity index (χ4n) is 2.00. The highest BCUT2D eigenvalue weighted by molar-refractivity contribution is 5.77. The first-order valence-corrected chi connectivity index (χ1v) is 6.30. The SMILES string of the molecule is CCCC(C)NC(=O)COCC1CCNC1. The minimum atomic E-state index is 0.00639. The number of hydrogen-bond donors (Lipinski definition) is 2. The fourth-order valence-corrected chi connectivity index (χ4v) is 2.00. The van der Waals surface area contributed by atoms with Crippen molar-refractivity contribution in [3.63, 3.8) is 0 Å². The molecule has 1 aliphatic heterocycles. The summed E-state index contributed by atoms with van der Waals surface area (Å²) in [6.45, 7) is 7.14. The lowest BCUT2D eigenvalue weighted by Gasteiger charge is -2.13. The van der Waals surface area contributed by atoms with Crippen LogP contribution >= 0.6 is 0 Å². The van der Waals surface area contributed by atoms with Gasteiger partial charge in [-0.2, -0.15) is 0 Å². The quantitative estimate of drug-likeness (QED) is 0.681. The lowest BCUT2D eigenvalue weighted by molar-refractivity contribution is -0.126. The number of nitrogens with one attached hydrogen (secondary N) is 2. The molecular formula is C12H24N2O2. The van der Waals surface area contributed by atoms with Crippen LogP contribution in [0.4, 0.5) is 0 Å².